The third-order valence-corrected chi connectivity index (χ3v) is 7.36. The van der Waals surface area contributed by atoms with Crippen molar-refractivity contribution < 1.29 is 14.0 Å². The summed E-state index contributed by atoms with van der Waals surface area (Å²) < 4.78 is 14.1. The lowest BCUT2D eigenvalue weighted by atomic mass is 9.56. The van der Waals surface area contributed by atoms with Crippen LogP contribution in [0.25, 0.3) is 0 Å². The van der Waals surface area contributed by atoms with E-state index in [0.29, 0.717) is 25.1 Å². The van der Waals surface area contributed by atoms with Crippen LogP contribution in [0.4, 0.5) is 4.39 Å². The van der Waals surface area contributed by atoms with Gasteiger partial charge in [0.1, 0.15) is 11.6 Å². The standard InChI is InChI=1S/C28H26FNO2/c29-25-14-8-7-9-20(25)17-27(32)30-18-23-24(19-30)28(16-15-26(23)31,21-10-3-1-4-11-21)22-12-5-2-6-13-22/h1-14,23-24H,15-19H2. The molecular formula is C28H26FNO2. The van der Waals surface area contributed by atoms with E-state index in [1.165, 1.54) is 17.2 Å². The molecule has 1 amide bonds. The maximum atomic E-state index is 14.1. The molecule has 0 spiro atoms. The van der Waals surface area contributed by atoms with Crippen molar-refractivity contribution in [2.45, 2.75) is 24.7 Å². The topological polar surface area (TPSA) is 37.4 Å². The summed E-state index contributed by atoms with van der Waals surface area (Å²) in [6, 6.07) is 27.2. The lowest BCUT2D eigenvalue weighted by molar-refractivity contribution is -0.129. The summed E-state index contributed by atoms with van der Waals surface area (Å²) in [5, 5.41) is 0. The van der Waals surface area contributed by atoms with Gasteiger partial charge in [-0.25, -0.2) is 4.39 Å². The number of rotatable bonds is 4. The Morgan fingerprint density at radius 1 is 0.875 bits per heavy atom. The van der Waals surface area contributed by atoms with Gasteiger partial charge in [0.05, 0.1) is 6.42 Å². The molecule has 1 aliphatic carbocycles. The van der Waals surface area contributed by atoms with Gasteiger partial charge < -0.3 is 4.90 Å². The van der Waals surface area contributed by atoms with Crippen molar-refractivity contribution in [3.05, 3.63) is 107 Å². The number of carbonyl (C=O) groups excluding carboxylic acids is 2. The number of halogens is 1. The molecule has 5 rings (SSSR count). The summed E-state index contributed by atoms with van der Waals surface area (Å²) in [6.07, 6.45) is 1.25. The third-order valence-electron chi connectivity index (χ3n) is 7.36. The Kier molecular flexibility index (Phi) is 5.38. The Labute approximate surface area is 187 Å². The van der Waals surface area contributed by atoms with Crippen molar-refractivity contribution in [2.24, 2.45) is 11.8 Å². The van der Waals surface area contributed by atoms with Crippen molar-refractivity contribution in [1.29, 1.82) is 0 Å². The Hall–Kier alpha value is -3.27. The molecule has 32 heavy (non-hydrogen) atoms. The van der Waals surface area contributed by atoms with Crippen LogP contribution in [-0.2, 0) is 21.4 Å². The highest BCUT2D eigenvalue weighted by molar-refractivity contribution is 5.86. The van der Waals surface area contributed by atoms with Crippen LogP contribution in [0.5, 0.6) is 0 Å². The van der Waals surface area contributed by atoms with Crippen molar-refractivity contribution in [2.75, 3.05) is 13.1 Å². The van der Waals surface area contributed by atoms with E-state index in [-0.39, 0.29) is 41.2 Å². The van der Waals surface area contributed by atoms with Crippen LogP contribution >= 0.6 is 0 Å². The molecule has 1 saturated carbocycles. The Morgan fingerprint density at radius 3 is 2.09 bits per heavy atom. The molecule has 3 nitrogen and oxygen atoms in total. The van der Waals surface area contributed by atoms with E-state index >= 15 is 0 Å². The largest absolute Gasteiger partial charge is 0.341 e. The van der Waals surface area contributed by atoms with E-state index in [0.717, 1.165) is 6.42 Å². The predicted octanol–water partition coefficient (Wildman–Crippen LogP) is 4.79. The fourth-order valence-electron chi connectivity index (χ4n) is 5.80. The first kappa shape index (κ1) is 20.6. The number of nitrogens with zero attached hydrogens (tertiary/aromatic N) is 1. The van der Waals surface area contributed by atoms with Crippen LogP contribution in [-0.4, -0.2) is 29.7 Å². The number of fused-ring (bicyclic) bond motifs is 1. The molecular weight excluding hydrogens is 401 g/mol. The highest BCUT2D eigenvalue weighted by Gasteiger charge is 2.55. The van der Waals surface area contributed by atoms with Crippen LogP contribution in [0, 0.1) is 17.7 Å². The van der Waals surface area contributed by atoms with Crippen molar-refractivity contribution in [3.63, 3.8) is 0 Å². The van der Waals surface area contributed by atoms with Gasteiger partial charge in [-0.15, -0.1) is 0 Å². The summed E-state index contributed by atoms with van der Waals surface area (Å²) in [5.41, 5.74) is 2.46. The monoisotopic (exact) mass is 427 g/mol. The van der Waals surface area contributed by atoms with Gasteiger partial charge in [-0.2, -0.15) is 0 Å². The fraction of sp³-hybridized carbons (Fsp3) is 0.286. The zero-order chi connectivity index (χ0) is 22.1. The van der Waals surface area contributed by atoms with Crippen LogP contribution in [0.2, 0.25) is 0 Å². The van der Waals surface area contributed by atoms with E-state index < -0.39 is 0 Å². The molecule has 1 heterocycles. The Morgan fingerprint density at radius 2 is 1.47 bits per heavy atom. The van der Waals surface area contributed by atoms with Crippen molar-refractivity contribution in [3.8, 4) is 0 Å². The number of benzene rings is 3. The minimum atomic E-state index is -0.364. The second-order valence-electron chi connectivity index (χ2n) is 8.95. The van der Waals surface area contributed by atoms with Crippen molar-refractivity contribution in [1.82, 2.24) is 4.90 Å². The van der Waals surface area contributed by atoms with Gasteiger partial charge in [0.2, 0.25) is 5.91 Å². The molecule has 4 heteroatoms. The number of ketones is 1. The van der Waals surface area contributed by atoms with Gasteiger partial charge in [0, 0.05) is 36.8 Å². The average molecular weight is 428 g/mol. The fourth-order valence-corrected chi connectivity index (χ4v) is 5.80. The number of amides is 1. The quantitative estimate of drug-likeness (QED) is 0.600. The molecule has 2 fully saturated rings. The molecule has 0 radical (unpaired) electrons. The molecule has 0 aromatic heterocycles. The minimum absolute atomic E-state index is 0.00174. The van der Waals surface area contributed by atoms with Crippen LogP contribution in [0.1, 0.15) is 29.5 Å². The first-order valence-corrected chi connectivity index (χ1v) is 11.2. The van der Waals surface area contributed by atoms with Gasteiger partial charge in [-0.05, 0) is 29.2 Å². The highest BCUT2D eigenvalue weighted by atomic mass is 19.1. The molecule has 2 atom stereocenters. The van der Waals surface area contributed by atoms with E-state index in [9.17, 15) is 14.0 Å². The normalized spacial score (nSPS) is 21.9. The summed E-state index contributed by atoms with van der Waals surface area (Å²) >= 11 is 0. The summed E-state index contributed by atoms with van der Waals surface area (Å²) in [6.45, 7) is 0.922. The van der Waals surface area contributed by atoms with Gasteiger partial charge in [0.15, 0.2) is 0 Å². The summed E-state index contributed by atoms with van der Waals surface area (Å²) in [4.78, 5) is 27.9. The molecule has 0 N–H and O–H groups in total. The van der Waals surface area contributed by atoms with E-state index in [4.69, 9.17) is 0 Å². The molecule has 1 saturated heterocycles. The molecule has 2 aliphatic rings. The molecule has 1 aliphatic heterocycles. The highest BCUT2D eigenvalue weighted by Crippen LogP contribution is 2.52. The first-order chi connectivity index (χ1) is 15.6. The molecule has 162 valence electrons. The molecule has 3 aromatic rings. The first-order valence-electron chi connectivity index (χ1n) is 11.2. The second-order valence-corrected chi connectivity index (χ2v) is 8.95. The number of Topliss-reactive ketones (excluding diaryl/α,β-unsaturated/α-hetero) is 1. The number of likely N-dealkylation sites (tertiary alicyclic amines) is 1. The van der Waals surface area contributed by atoms with Crippen molar-refractivity contribution >= 4 is 11.7 Å². The van der Waals surface area contributed by atoms with Crippen LogP contribution < -0.4 is 0 Å². The molecule has 0 bridgehead atoms. The lowest BCUT2D eigenvalue weighted by Gasteiger charge is -2.45. The SMILES string of the molecule is O=C1CCC(c2ccccc2)(c2ccccc2)C2CN(C(=O)Cc3ccccc3F)CC12. The number of carbonyl (C=O) groups is 2. The molecule has 3 aromatic carbocycles. The average Bonchev–Trinajstić information content (AvgIpc) is 3.29. The second kappa shape index (κ2) is 8.34. The zero-order valence-electron chi connectivity index (χ0n) is 17.9. The lowest BCUT2D eigenvalue weighted by Crippen LogP contribution is -2.47. The third kappa shape index (κ3) is 3.44. The summed E-state index contributed by atoms with van der Waals surface area (Å²) in [7, 11) is 0. The Balaban J connectivity index is 1.52. The van der Waals surface area contributed by atoms with E-state index in [1.54, 1.807) is 23.1 Å². The van der Waals surface area contributed by atoms with Gasteiger partial charge in [-0.1, -0.05) is 78.9 Å². The van der Waals surface area contributed by atoms with Gasteiger partial charge in [-0.3, -0.25) is 9.59 Å². The van der Waals surface area contributed by atoms with E-state index in [1.807, 2.05) is 36.4 Å². The van der Waals surface area contributed by atoms with Gasteiger partial charge >= 0.3 is 0 Å². The summed E-state index contributed by atoms with van der Waals surface area (Å²) in [5.74, 6) is -0.450. The smallest absolute Gasteiger partial charge is 0.227 e. The van der Waals surface area contributed by atoms with E-state index in [2.05, 4.69) is 24.3 Å². The van der Waals surface area contributed by atoms with Crippen LogP contribution in [0.3, 0.4) is 0 Å². The van der Waals surface area contributed by atoms with Gasteiger partial charge in [0.25, 0.3) is 0 Å². The Bertz CT molecular complexity index is 1090. The zero-order valence-corrected chi connectivity index (χ0v) is 17.9. The predicted molar refractivity (Wildman–Crippen MR) is 122 cm³/mol. The van der Waals surface area contributed by atoms with Crippen LogP contribution in [0.15, 0.2) is 84.9 Å². The number of hydrogen-bond acceptors (Lipinski definition) is 2. The minimum Gasteiger partial charge on any atom is -0.341 e. The maximum absolute atomic E-state index is 14.1. The molecule has 2 unspecified atom stereocenters. The number of hydrogen-bond donors (Lipinski definition) is 0. The maximum Gasteiger partial charge on any atom is 0.227 e.